The first kappa shape index (κ1) is 19.5. The van der Waals surface area contributed by atoms with Crippen molar-refractivity contribution in [1.29, 1.82) is 0 Å². The molecule has 0 radical (unpaired) electrons. The summed E-state index contributed by atoms with van der Waals surface area (Å²) in [6.07, 6.45) is 4.05. The zero-order valence-corrected chi connectivity index (χ0v) is 18.1. The third-order valence-corrected chi connectivity index (χ3v) is 5.61. The summed E-state index contributed by atoms with van der Waals surface area (Å²) in [6.45, 7) is 7.25. The molecule has 2 heterocycles. The summed E-state index contributed by atoms with van der Waals surface area (Å²) < 4.78 is 2.16. The molecule has 1 saturated carbocycles. The van der Waals surface area contributed by atoms with Gasteiger partial charge in [-0.15, -0.1) is 0 Å². The molecule has 4 aromatic rings. The number of nitrogens with zero attached hydrogens (tertiary/aromatic N) is 3. The molecule has 31 heavy (non-hydrogen) atoms. The van der Waals surface area contributed by atoms with Gasteiger partial charge in [0, 0.05) is 23.7 Å². The molecule has 0 bridgehead atoms. The Hall–Kier alpha value is -3.41. The highest BCUT2D eigenvalue weighted by Gasteiger charge is 2.24. The van der Waals surface area contributed by atoms with Gasteiger partial charge >= 0.3 is 0 Å². The van der Waals surface area contributed by atoms with Crippen molar-refractivity contribution in [2.24, 2.45) is 5.92 Å². The number of fused-ring (bicyclic) bond motifs is 3. The minimum absolute atomic E-state index is 0.00233. The van der Waals surface area contributed by atoms with E-state index in [0.717, 1.165) is 53.1 Å². The minimum Gasteiger partial charge on any atom is -0.367 e. The largest absolute Gasteiger partial charge is 0.367 e. The number of aryl methyl sites for hydroxylation is 1. The fourth-order valence-electron chi connectivity index (χ4n) is 3.76. The molecule has 5 rings (SSSR count). The molecule has 0 spiro atoms. The number of nitrogens with one attached hydrogen (secondary N) is 2. The van der Waals surface area contributed by atoms with E-state index in [4.69, 9.17) is 9.97 Å². The van der Waals surface area contributed by atoms with Gasteiger partial charge in [0.1, 0.15) is 0 Å². The van der Waals surface area contributed by atoms with Crippen LogP contribution in [0, 0.1) is 12.8 Å². The van der Waals surface area contributed by atoms with E-state index >= 15 is 0 Å². The Morgan fingerprint density at radius 3 is 2.65 bits per heavy atom. The Labute approximate surface area is 181 Å². The van der Waals surface area contributed by atoms with E-state index < -0.39 is 0 Å². The van der Waals surface area contributed by atoms with Crippen molar-refractivity contribution in [3.63, 3.8) is 0 Å². The quantitative estimate of drug-likeness (QED) is 0.475. The van der Waals surface area contributed by atoms with Crippen LogP contribution in [0.2, 0.25) is 0 Å². The summed E-state index contributed by atoms with van der Waals surface area (Å²) in [5, 5.41) is 6.51. The average Bonchev–Trinajstić information content (AvgIpc) is 3.46. The summed E-state index contributed by atoms with van der Waals surface area (Å²) >= 11 is 0. The highest BCUT2D eigenvalue weighted by Crippen LogP contribution is 2.29. The molecule has 2 aromatic heterocycles. The lowest BCUT2D eigenvalue weighted by atomic mass is 10.1. The van der Waals surface area contributed by atoms with E-state index in [1.807, 2.05) is 30.5 Å². The van der Waals surface area contributed by atoms with Gasteiger partial charge in [-0.05, 0) is 55.5 Å². The van der Waals surface area contributed by atoms with E-state index in [1.165, 1.54) is 5.56 Å². The van der Waals surface area contributed by atoms with Crippen molar-refractivity contribution in [1.82, 2.24) is 19.7 Å². The topological polar surface area (TPSA) is 71.3 Å². The highest BCUT2D eigenvalue weighted by molar-refractivity contribution is 5.95. The summed E-state index contributed by atoms with van der Waals surface area (Å²) in [7, 11) is 0. The Morgan fingerprint density at radius 1 is 1.16 bits per heavy atom. The van der Waals surface area contributed by atoms with Crippen molar-refractivity contribution in [2.75, 3.05) is 11.9 Å². The van der Waals surface area contributed by atoms with Crippen LogP contribution in [0.25, 0.3) is 27.9 Å². The first-order valence-corrected chi connectivity index (χ1v) is 10.9. The summed E-state index contributed by atoms with van der Waals surface area (Å²) in [4.78, 5) is 21.9. The standard InChI is InChI=1S/C25H27N5O/c1-15(2)13-26-23-24-27-14-22(30(24)21-11-4-16(3)12-20(21)29-23)17-5-7-18(8-6-17)25(31)28-19-9-10-19/h4-8,11-12,14-15,19H,9-10,13H2,1-3H3,(H,26,29)(H,28,31). The van der Waals surface area contributed by atoms with E-state index in [1.54, 1.807) is 0 Å². The van der Waals surface area contributed by atoms with Crippen molar-refractivity contribution >= 4 is 28.4 Å². The molecule has 1 amide bonds. The van der Waals surface area contributed by atoms with Gasteiger partial charge in [0.05, 0.1) is 22.9 Å². The molecule has 1 fully saturated rings. The zero-order valence-electron chi connectivity index (χ0n) is 18.1. The number of amides is 1. The van der Waals surface area contributed by atoms with Gasteiger partial charge in [-0.2, -0.15) is 0 Å². The number of carbonyl (C=O) groups excluding carboxylic acids is 1. The van der Waals surface area contributed by atoms with Crippen molar-refractivity contribution in [3.8, 4) is 11.3 Å². The fourth-order valence-corrected chi connectivity index (χ4v) is 3.76. The lowest BCUT2D eigenvalue weighted by Gasteiger charge is -2.13. The van der Waals surface area contributed by atoms with E-state index in [2.05, 4.69) is 54.0 Å². The third-order valence-electron chi connectivity index (χ3n) is 5.61. The maximum atomic E-state index is 12.3. The normalized spacial score (nSPS) is 13.8. The molecular formula is C25H27N5O. The molecular weight excluding hydrogens is 386 g/mol. The number of rotatable bonds is 6. The number of hydrogen-bond acceptors (Lipinski definition) is 4. The first-order valence-electron chi connectivity index (χ1n) is 10.9. The third kappa shape index (κ3) is 3.85. The van der Waals surface area contributed by atoms with Crippen LogP contribution in [0.3, 0.4) is 0 Å². The van der Waals surface area contributed by atoms with Crippen molar-refractivity contribution < 1.29 is 4.79 Å². The Kier molecular flexibility index (Phi) is 4.85. The van der Waals surface area contributed by atoms with E-state index in [9.17, 15) is 4.79 Å². The van der Waals surface area contributed by atoms with Crippen molar-refractivity contribution in [2.45, 2.75) is 39.7 Å². The SMILES string of the molecule is Cc1ccc2c(c1)nc(NCC(C)C)c1ncc(-c3ccc(C(=O)NC4CC4)cc3)n12. The Morgan fingerprint density at radius 2 is 1.94 bits per heavy atom. The molecule has 0 saturated heterocycles. The number of imidazole rings is 1. The lowest BCUT2D eigenvalue weighted by Crippen LogP contribution is -2.25. The molecule has 2 aromatic carbocycles. The average molecular weight is 414 g/mol. The van der Waals surface area contributed by atoms with E-state index in [-0.39, 0.29) is 5.91 Å². The second kappa shape index (κ2) is 7.69. The predicted octanol–water partition coefficient (Wildman–Crippen LogP) is 4.82. The van der Waals surface area contributed by atoms with Crippen LogP contribution >= 0.6 is 0 Å². The predicted molar refractivity (Wildman–Crippen MR) is 124 cm³/mol. The smallest absolute Gasteiger partial charge is 0.251 e. The number of aromatic nitrogens is 3. The van der Waals surface area contributed by atoms with Crippen LogP contribution in [0.5, 0.6) is 0 Å². The minimum atomic E-state index is -0.00233. The summed E-state index contributed by atoms with van der Waals surface area (Å²) in [5.74, 6) is 1.29. The Bertz CT molecular complexity index is 1270. The fraction of sp³-hybridized carbons (Fsp3) is 0.320. The van der Waals surface area contributed by atoms with E-state index in [0.29, 0.717) is 17.5 Å². The van der Waals surface area contributed by atoms with Crippen LogP contribution in [0.1, 0.15) is 42.6 Å². The maximum Gasteiger partial charge on any atom is 0.251 e. The van der Waals surface area contributed by atoms with Gasteiger partial charge in [-0.3, -0.25) is 9.20 Å². The number of anilines is 1. The second-order valence-electron chi connectivity index (χ2n) is 8.85. The van der Waals surface area contributed by atoms with Crippen LogP contribution < -0.4 is 10.6 Å². The van der Waals surface area contributed by atoms with Gasteiger partial charge in [0.2, 0.25) is 0 Å². The van der Waals surface area contributed by atoms with Gasteiger partial charge < -0.3 is 10.6 Å². The maximum absolute atomic E-state index is 12.3. The van der Waals surface area contributed by atoms with Crippen LogP contribution in [0.15, 0.2) is 48.7 Å². The molecule has 0 atom stereocenters. The highest BCUT2D eigenvalue weighted by atomic mass is 16.1. The van der Waals surface area contributed by atoms with Gasteiger partial charge in [0.15, 0.2) is 11.5 Å². The monoisotopic (exact) mass is 413 g/mol. The summed E-state index contributed by atoms with van der Waals surface area (Å²) in [6, 6.07) is 14.4. The van der Waals surface area contributed by atoms with Gasteiger partial charge in [-0.25, -0.2) is 9.97 Å². The van der Waals surface area contributed by atoms with Crippen LogP contribution in [0.4, 0.5) is 5.82 Å². The molecule has 2 N–H and O–H groups in total. The molecule has 0 unspecified atom stereocenters. The molecule has 6 heteroatoms. The van der Waals surface area contributed by atoms with Gasteiger partial charge in [-0.1, -0.05) is 32.0 Å². The number of benzene rings is 2. The van der Waals surface area contributed by atoms with Gasteiger partial charge in [0.25, 0.3) is 5.91 Å². The molecule has 1 aliphatic carbocycles. The second-order valence-corrected chi connectivity index (χ2v) is 8.85. The molecule has 1 aliphatic rings. The van der Waals surface area contributed by atoms with Crippen molar-refractivity contribution in [3.05, 3.63) is 59.8 Å². The first-order chi connectivity index (χ1) is 15.0. The molecule has 6 nitrogen and oxygen atoms in total. The zero-order chi connectivity index (χ0) is 21.5. The number of carbonyl (C=O) groups is 1. The number of hydrogen-bond donors (Lipinski definition) is 2. The Balaban J connectivity index is 1.60. The summed E-state index contributed by atoms with van der Waals surface area (Å²) in [5.41, 5.74) is 6.60. The van der Waals surface area contributed by atoms with Crippen LogP contribution in [-0.2, 0) is 0 Å². The molecule has 158 valence electrons. The lowest BCUT2D eigenvalue weighted by molar-refractivity contribution is 0.0951. The molecule has 0 aliphatic heterocycles. The van der Waals surface area contributed by atoms with Crippen LogP contribution in [-0.4, -0.2) is 32.9 Å².